The van der Waals surface area contributed by atoms with Crippen molar-refractivity contribution in [1.29, 1.82) is 0 Å². The number of amides is 7. The fourth-order valence-corrected chi connectivity index (χ4v) is 9.24. The van der Waals surface area contributed by atoms with E-state index in [-0.39, 0.29) is 37.4 Å². The van der Waals surface area contributed by atoms with Crippen molar-refractivity contribution in [1.82, 2.24) is 30.7 Å². The highest BCUT2D eigenvalue weighted by Gasteiger charge is 2.50. The highest BCUT2D eigenvalue weighted by Crippen LogP contribution is 2.41. The lowest BCUT2D eigenvalue weighted by molar-refractivity contribution is -0.163. The smallest absolute Gasteiger partial charge is 0.458 e. The normalized spacial score (nSPS) is 27.7. The van der Waals surface area contributed by atoms with Crippen LogP contribution in [0.15, 0.2) is 42.5 Å². The molecule has 4 fully saturated rings. The fraction of sp³-hybridized carbons (Fsp3) is 0.537. The minimum atomic E-state index is -5.21. The molecule has 0 aliphatic carbocycles. The number of esters is 1. The van der Waals surface area contributed by atoms with Gasteiger partial charge in [-0.3, -0.25) is 28.5 Å². The van der Waals surface area contributed by atoms with Crippen LogP contribution in [0.2, 0.25) is 0 Å². The summed E-state index contributed by atoms with van der Waals surface area (Å²) in [5, 5.41) is 10.2. The number of ether oxygens (including phenoxy) is 1. The summed E-state index contributed by atoms with van der Waals surface area (Å²) < 4.78 is 51.7. The van der Waals surface area contributed by atoms with Crippen molar-refractivity contribution >= 4 is 55.0 Å². The average Bonchev–Trinajstić information content (AvgIpc) is 3.80. The molecule has 4 heterocycles. The van der Waals surface area contributed by atoms with Gasteiger partial charge in [0, 0.05) is 44.2 Å². The lowest BCUT2D eigenvalue weighted by Gasteiger charge is -2.39. The van der Waals surface area contributed by atoms with Crippen molar-refractivity contribution in [3.63, 3.8) is 0 Å². The Morgan fingerprint density at radius 2 is 1.60 bits per heavy atom. The number of hydrogen-bond donors (Lipinski definition) is 6. The second-order valence-corrected chi connectivity index (χ2v) is 17.9. The number of aryl methyl sites for hydroxylation is 1. The Labute approximate surface area is 361 Å². The van der Waals surface area contributed by atoms with Gasteiger partial charge >= 0.3 is 19.8 Å². The van der Waals surface area contributed by atoms with Crippen molar-refractivity contribution in [2.75, 3.05) is 25.0 Å². The van der Waals surface area contributed by atoms with Gasteiger partial charge in [-0.2, -0.15) is 0 Å². The van der Waals surface area contributed by atoms with Crippen LogP contribution in [0.25, 0.3) is 0 Å². The van der Waals surface area contributed by atoms with E-state index in [1.807, 2.05) is 0 Å². The lowest BCUT2D eigenvalue weighted by atomic mass is 9.98. The van der Waals surface area contributed by atoms with Gasteiger partial charge in [0.25, 0.3) is 0 Å². The number of urea groups is 1. The predicted molar refractivity (Wildman–Crippen MR) is 218 cm³/mol. The Hall–Kier alpha value is -5.50. The Morgan fingerprint density at radius 3 is 2.29 bits per heavy atom. The largest absolute Gasteiger partial charge is 0.469 e. The van der Waals surface area contributed by atoms with Gasteiger partial charge in [0.2, 0.25) is 29.5 Å². The van der Waals surface area contributed by atoms with Crippen LogP contribution < -0.4 is 21.3 Å². The first kappa shape index (κ1) is 47.0. The zero-order valence-electron chi connectivity index (χ0n) is 35.1. The monoisotopic (exact) mass is 903 g/mol. The summed E-state index contributed by atoms with van der Waals surface area (Å²) in [6, 6.07) is -0.254. The fourth-order valence-electron chi connectivity index (χ4n) is 8.70. The number of piperidine rings is 1. The van der Waals surface area contributed by atoms with Gasteiger partial charge in [0.1, 0.15) is 54.0 Å². The van der Waals surface area contributed by atoms with Crippen LogP contribution in [0, 0.1) is 24.5 Å². The summed E-state index contributed by atoms with van der Waals surface area (Å²) in [4.78, 5) is 122. The number of carbonyl (C=O) groups excluding carboxylic acids is 7. The van der Waals surface area contributed by atoms with E-state index in [1.54, 1.807) is 38.1 Å². The molecule has 6 N–H and O–H groups in total. The maximum absolute atomic E-state index is 15.0. The van der Waals surface area contributed by atoms with Gasteiger partial charge in [-0.05, 0) is 87.8 Å². The van der Waals surface area contributed by atoms with Gasteiger partial charge in [-0.1, -0.05) is 19.1 Å². The van der Waals surface area contributed by atoms with Crippen LogP contribution in [0.4, 0.5) is 19.3 Å². The maximum atomic E-state index is 15.0. The summed E-state index contributed by atoms with van der Waals surface area (Å²) in [5.41, 5.74) is 1.06. The maximum Gasteiger partial charge on any atom is 0.469 e. The molecular weight excluding hydrogens is 851 g/mol. The topological polar surface area (TPSA) is 253 Å². The molecular formula is C41H52F2N7O12P. The Morgan fingerprint density at radius 1 is 0.905 bits per heavy atom. The highest BCUT2D eigenvalue weighted by molar-refractivity contribution is 7.46. The molecule has 4 saturated heterocycles. The van der Waals surface area contributed by atoms with Crippen LogP contribution in [-0.4, -0.2) is 134 Å². The molecule has 4 aliphatic rings. The number of nitrogens with zero attached hydrogens (tertiary/aromatic N) is 3. The first-order valence-corrected chi connectivity index (χ1v) is 22.3. The number of cyclic esters (lactones) is 1. The Bertz CT molecular complexity index is 2160. The van der Waals surface area contributed by atoms with Crippen molar-refractivity contribution in [2.45, 2.75) is 115 Å². The number of nitrogens with one attached hydrogen (secondary N) is 4. The van der Waals surface area contributed by atoms with Crippen LogP contribution in [0.1, 0.15) is 64.0 Å². The van der Waals surface area contributed by atoms with Gasteiger partial charge < -0.3 is 50.5 Å². The first-order chi connectivity index (χ1) is 29.7. The van der Waals surface area contributed by atoms with Crippen LogP contribution in [0.5, 0.6) is 0 Å². The highest BCUT2D eigenvalue weighted by atomic mass is 31.2. The zero-order chi connectivity index (χ0) is 45.9. The van der Waals surface area contributed by atoms with Crippen molar-refractivity contribution in [3.8, 4) is 0 Å². The first-order valence-electron chi connectivity index (χ1n) is 20.7. The predicted octanol–water partition coefficient (Wildman–Crippen LogP) is 1.64. The third-order valence-electron chi connectivity index (χ3n) is 11.6. The molecule has 0 aromatic heterocycles. The molecule has 0 spiro atoms. The molecule has 0 saturated carbocycles. The number of hydrogen-bond acceptors (Lipinski definition) is 10. The van der Waals surface area contributed by atoms with Crippen LogP contribution >= 0.6 is 7.82 Å². The summed E-state index contributed by atoms with van der Waals surface area (Å²) in [5.74, 6) is -7.34. The SMILES string of the molecule is Cc1cccc(NC(=O)N[C@@H](Cc2cc(F)cc(F)c2)C(=O)N[C@@H]2C(=O)N3C[C@H](OP(=O)(O)O)C[C@H]3C(=O)N3CCCC[C@H]3C(=O)N[C@@H](C)C(=O)N3C[C@H](C)C[C@H]3C(=O)O[C@H]2C)c1. The van der Waals surface area contributed by atoms with Gasteiger partial charge in [-0.15, -0.1) is 0 Å². The van der Waals surface area contributed by atoms with Crippen molar-refractivity contribution in [2.24, 2.45) is 5.92 Å². The van der Waals surface area contributed by atoms with E-state index in [9.17, 15) is 56.7 Å². The third-order valence-corrected chi connectivity index (χ3v) is 12.2. The second kappa shape index (κ2) is 19.5. The van der Waals surface area contributed by atoms with E-state index in [4.69, 9.17) is 9.26 Å². The summed E-state index contributed by atoms with van der Waals surface area (Å²) in [7, 11) is -5.21. The molecule has 0 bridgehead atoms. The molecule has 22 heteroatoms. The molecule has 19 nitrogen and oxygen atoms in total. The summed E-state index contributed by atoms with van der Waals surface area (Å²) in [6.07, 6.45) is -2.64. The van der Waals surface area contributed by atoms with Crippen molar-refractivity contribution in [3.05, 3.63) is 65.2 Å². The van der Waals surface area contributed by atoms with Crippen molar-refractivity contribution < 1.29 is 66.0 Å². The van der Waals surface area contributed by atoms with E-state index in [1.165, 1.54) is 23.6 Å². The minimum absolute atomic E-state index is 0.0559. The number of phosphoric acid groups is 1. The molecule has 342 valence electrons. The van der Waals surface area contributed by atoms with E-state index >= 15 is 0 Å². The minimum Gasteiger partial charge on any atom is -0.458 e. The quantitative estimate of drug-likeness (QED) is 0.163. The van der Waals surface area contributed by atoms with E-state index in [0.29, 0.717) is 24.6 Å². The van der Waals surface area contributed by atoms with Crippen LogP contribution in [0.3, 0.4) is 0 Å². The van der Waals surface area contributed by atoms with E-state index in [0.717, 1.165) is 22.6 Å². The Kier molecular flexibility index (Phi) is 14.5. The molecule has 2 aromatic carbocycles. The van der Waals surface area contributed by atoms with Gasteiger partial charge in [0.15, 0.2) is 0 Å². The molecule has 63 heavy (non-hydrogen) atoms. The molecule has 0 radical (unpaired) electrons. The summed E-state index contributed by atoms with van der Waals surface area (Å²) >= 11 is 0. The molecule has 9 atom stereocenters. The lowest BCUT2D eigenvalue weighted by Crippen LogP contribution is -2.63. The molecule has 6 rings (SSSR count). The number of rotatable bonds is 8. The number of benzene rings is 2. The van der Waals surface area contributed by atoms with Gasteiger partial charge in [-0.25, -0.2) is 22.9 Å². The molecule has 7 amide bonds. The average molecular weight is 904 g/mol. The zero-order valence-corrected chi connectivity index (χ0v) is 36.0. The molecule has 4 aliphatic heterocycles. The number of anilines is 1. The standard InChI is InChI=1S/C41H52F2N7O12P/c1-21-8-7-9-28(12-21)45-41(57)46-30(16-25-14-26(42)17-27(43)15-25)35(51)47-34-24(4)61-40(56)33-13-22(2)19-49(33)37(53)23(3)44-36(52)31-10-5-6-11-48(31)38(54)32-18-29(62-63(58,59)60)20-50(32)39(34)55/h7-9,12,14-15,17,22-24,29-34H,5-6,10-11,13,16,18-20H2,1-4H3,(H,44,52)(H,47,51)(H2,45,46,57)(H2,58,59,60)/t22-,23+,24+,29-,30+,31+,32+,33+,34+/m1/s1. The number of fused-ring (bicyclic) bond motifs is 3. The number of carbonyl (C=O) groups is 7. The summed E-state index contributed by atoms with van der Waals surface area (Å²) in [6.45, 7) is 5.88. The van der Waals surface area contributed by atoms with Crippen LogP contribution in [-0.2, 0) is 49.0 Å². The van der Waals surface area contributed by atoms with Gasteiger partial charge in [0.05, 0.1) is 6.10 Å². The Balaban J connectivity index is 1.39. The third kappa shape index (κ3) is 11.6. The van der Waals surface area contributed by atoms with E-state index in [2.05, 4.69) is 21.3 Å². The molecule has 0 unspecified atom stereocenters. The molecule has 2 aromatic rings. The number of halogens is 2. The second-order valence-electron chi connectivity index (χ2n) is 16.7. The van der Waals surface area contributed by atoms with E-state index < -0.39 is 129 Å². The number of phosphoric ester groups is 1.